The van der Waals surface area contributed by atoms with Crippen molar-refractivity contribution in [3.05, 3.63) is 16.3 Å². The van der Waals surface area contributed by atoms with Crippen LogP contribution in [0.4, 0.5) is 4.39 Å². The summed E-state index contributed by atoms with van der Waals surface area (Å²) in [6.45, 7) is 0.106. The van der Waals surface area contributed by atoms with E-state index in [0.29, 0.717) is 19.0 Å². The van der Waals surface area contributed by atoms with Gasteiger partial charge in [0.25, 0.3) is 0 Å². The minimum Gasteiger partial charge on any atom is -0.468 e. The summed E-state index contributed by atoms with van der Waals surface area (Å²) in [7, 11) is 1.20. The molecule has 0 bridgehead atoms. The number of rotatable bonds is 4. The van der Waals surface area contributed by atoms with Gasteiger partial charge in [-0.15, -0.1) is 0 Å². The maximum absolute atomic E-state index is 13.3. The first-order valence-electron chi connectivity index (χ1n) is 7.67. The molecule has 1 aromatic heterocycles. The highest BCUT2D eigenvalue weighted by atomic mass is 19.1. The van der Waals surface area contributed by atoms with Crippen LogP contribution in [0.15, 0.2) is 4.79 Å². The van der Waals surface area contributed by atoms with Crippen LogP contribution >= 0.6 is 0 Å². The number of esters is 1. The second kappa shape index (κ2) is 6.34. The highest BCUT2D eigenvalue weighted by Crippen LogP contribution is 2.32. The summed E-state index contributed by atoms with van der Waals surface area (Å²) in [5.74, 6) is -0.562. The molecule has 3 heterocycles. The fourth-order valence-electron chi connectivity index (χ4n) is 3.10. The number of amides is 1. The molecule has 2 aliphatic heterocycles. The molecular weight excluding hydrogens is 323 g/mol. The fourth-order valence-corrected chi connectivity index (χ4v) is 3.10. The smallest absolute Gasteiger partial charge is 0.346 e. The first kappa shape index (κ1) is 16.6. The van der Waals surface area contributed by atoms with Gasteiger partial charge >= 0.3 is 11.7 Å². The van der Waals surface area contributed by atoms with Crippen molar-refractivity contribution in [1.29, 1.82) is 0 Å². The summed E-state index contributed by atoms with van der Waals surface area (Å²) < 4.78 is 25.8. The number of nitrogens with zero attached hydrogens (tertiary/aromatic N) is 4. The van der Waals surface area contributed by atoms with Gasteiger partial charge in [0, 0.05) is 13.1 Å². The molecule has 0 aromatic carbocycles. The maximum atomic E-state index is 13.3. The summed E-state index contributed by atoms with van der Waals surface area (Å²) in [6, 6.07) is 0. The average Bonchev–Trinajstić information content (AvgIpc) is 3.18. The molecule has 0 spiro atoms. The van der Waals surface area contributed by atoms with Crippen molar-refractivity contribution in [2.45, 2.75) is 26.1 Å². The van der Waals surface area contributed by atoms with Crippen molar-refractivity contribution in [3.63, 3.8) is 0 Å². The number of halogens is 1. The van der Waals surface area contributed by atoms with E-state index in [0.717, 1.165) is 4.68 Å². The van der Waals surface area contributed by atoms with E-state index in [1.165, 1.54) is 16.6 Å². The van der Waals surface area contributed by atoms with Gasteiger partial charge in [-0.3, -0.25) is 14.2 Å². The van der Waals surface area contributed by atoms with Crippen LogP contribution in [0, 0.1) is 5.41 Å². The lowest BCUT2D eigenvalue weighted by Crippen LogP contribution is -2.41. The van der Waals surface area contributed by atoms with Crippen LogP contribution in [0.1, 0.15) is 12.2 Å². The summed E-state index contributed by atoms with van der Waals surface area (Å²) in [6.07, 6.45) is 0.199. The fraction of sp³-hybridized carbons (Fsp3) is 0.714. The molecule has 0 saturated carbocycles. The number of aromatic nitrogens is 3. The van der Waals surface area contributed by atoms with Gasteiger partial charge in [0.1, 0.15) is 25.2 Å². The SMILES string of the molecule is COC(=O)C1(CF)CCN(C(=O)Cn2nc3n(c2=O)CCOC3)C1. The molecule has 10 heteroatoms. The standard InChI is InChI=1S/C14H19FN4O5/c1-23-12(21)14(8-15)2-3-17(9-14)11(20)6-19-13(22)18-4-5-24-7-10(18)16-19/h2-9H2,1H3. The van der Waals surface area contributed by atoms with Crippen LogP contribution < -0.4 is 5.69 Å². The zero-order chi connectivity index (χ0) is 17.3. The molecule has 2 aliphatic rings. The molecule has 1 amide bonds. The van der Waals surface area contributed by atoms with Crippen LogP contribution in [-0.2, 0) is 38.8 Å². The third-order valence-electron chi connectivity index (χ3n) is 4.56. The van der Waals surface area contributed by atoms with Crippen molar-refractivity contribution >= 4 is 11.9 Å². The van der Waals surface area contributed by atoms with E-state index < -0.39 is 18.1 Å². The van der Waals surface area contributed by atoms with Crippen LogP contribution in [0.5, 0.6) is 0 Å². The largest absolute Gasteiger partial charge is 0.468 e. The number of carbonyl (C=O) groups is 2. The highest BCUT2D eigenvalue weighted by Gasteiger charge is 2.47. The minimum atomic E-state index is -1.31. The molecule has 1 atom stereocenters. The number of carbonyl (C=O) groups excluding carboxylic acids is 2. The Morgan fingerprint density at radius 2 is 2.21 bits per heavy atom. The van der Waals surface area contributed by atoms with Crippen molar-refractivity contribution < 1.29 is 23.5 Å². The predicted octanol–water partition coefficient (Wildman–Crippen LogP) is -1.06. The molecule has 24 heavy (non-hydrogen) atoms. The van der Waals surface area contributed by atoms with Gasteiger partial charge < -0.3 is 14.4 Å². The minimum absolute atomic E-state index is 0.0551. The normalized spacial score (nSPS) is 23.2. The summed E-state index contributed by atoms with van der Waals surface area (Å²) in [5, 5.41) is 4.10. The molecule has 9 nitrogen and oxygen atoms in total. The van der Waals surface area contributed by atoms with Gasteiger partial charge in [-0.25, -0.2) is 13.9 Å². The van der Waals surface area contributed by atoms with Gasteiger partial charge in [0.2, 0.25) is 5.91 Å². The Morgan fingerprint density at radius 1 is 1.42 bits per heavy atom. The maximum Gasteiger partial charge on any atom is 0.346 e. The highest BCUT2D eigenvalue weighted by molar-refractivity contribution is 5.81. The van der Waals surface area contributed by atoms with E-state index >= 15 is 0 Å². The zero-order valence-electron chi connectivity index (χ0n) is 13.4. The zero-order valence-corrected chi connectivity index (χ0v) is 13.4. The number of alkyl halides is 1. The van der Waals surface area contributed by atoms with Crippen molar-refractivity contribution in [2.75, 3.05) is 33.5 Å². The Labute approximate surface area is 136 Å². The van der Waals surface area contributed by atoms with E-state index in [2.05, 4.69) is 9.84 Å². The van der Waals surface area contributed by atoms with Crippen LogP contribution in [0.2, 0.25) is 0 Å². The number of fused-ring (bicyclic) bond motifs is 1. The first-order valence-corrected chi connectivity index (χ1v) is 7.67. The third kappa shape index (κ3) is 2.70. The van der Waals surface area contributed by atoms with E-state index in [1.807, 2.05) is 0 Å². The molecule has 1 saturated heterocycles. The molecule has 0 N–H and O–H groups in total. The number of likely N-dealkylation sites (tertiary alicyclic amines) is 1. The predicted molar refractivity (Wildman–Crippen MR) is 77.8 cm³/mol. The molecule has 1 aromatic rings. The van der Waals surface area contributed by atoms with Gasteiger partial charge in [0.05, 0.1) is 20.3 Å². The Morgan fingerprint density at radius 3 is 2.88 bits per heavy atom. The lowest BCUT2D eigenvalue weighted by atomic mass is 9.89. The Bertz CT molecular complexity index is 715. The molecule has 0 aliphatic carbocycles. The monoisotopic (exact) mass is 342 g/mol. The molecular formula is C14H19FN4O5. The van der Waals surface area contributed by atoms with E-state index in [1.54, 1.807) is 0 Å². The summed E-state index contributed by atoms with van der Waals surface area (Å²) in [5.41, 5.74) is -1.68. The molecule has 3 rings (SSSR count). The van der Waals surface area contributed by atoms with Gasteiger partial charge in [-0.2, -0.15) is 5.10 Å². The quantitative estimate of drug-likeness (QED) is 0.647. The first-order chi connectivity index (χ1) is 11.5. The van der Waals surface area contributed by atoms with E-state index in [4.69, 9.17) is 4.74 Å². The Hall–Kier alpha value is -2.23. The molecule has 1 fully saturated rings. The lowest BCUT2D eigenvalue weighted by Gasteiger charge is -2.23. The van der Waals surface area contributed by atoms with Crippen LogP contribution in [0.3, 0.4) is 0 Å². The summed E-state index contributed by atoms with van der Waals surface area (Å²) in [4.78, 5) is 37.8. The second-order valence-corrected chi connectivity index (χ2v) is 6.03. The van der Waals surface area contributed by atoms with E-state index in [-0.39, 0.29) is 44.3 Å². The third-order valence-corrected chi connectivity index (χ3v) is 4.56. The van der Waals surface area contributed by atoms with Crippen molar-refractivity contribution in [1.82, 2.24) is 19.2 Å². The second-order valence-electron chi connectivity index (χ2n) is 6.03. The number of hydrogen-bond donors (Lipinski definition) is 0. The molecule has 1 unspecified atom stereocenters. The molecule has 132 valence electrons. The summed E-state index contributed by atoms with van der Waals surface area (Å²) >= 11 is 0. The Balaban J connectivity index is 1.71. The average molecular weight is 342 g/mol. The van der Waals surface area contributed by atoms with Crippen molar-refractivity contribution in [2.24, 2.45) is 5.41 Å². The van der Waals surface area contributed by atoms with E-state index in [9.17, 15) is 18.8 Å². The number of hydrogen-bond acceptors (Lipinski definition) is 6. The number of ether oxygens (including phenoxy) is 2. The molecule has 0 radical (unpaired) electrons. The lowest BCUT2D eigenvalue weighted by molar-refractivity contribution is -0.153. The van der Waals surface area contributed by atoms with Crippen LogP contribution in [-0.4, -0.2) is 64.6 Å². The number of methoxy groups -OCH3 is 1. The van der Waals surface area contributed by atoms with Crippen LogP contribution in [0.25, 0.3) is 0 Å². The van der Waals surface area contributed by atoms with Gasteiger partial charge in [-0.05, 0) is 6.42 Å². The topological polar surface area (TPSA) is 95.7 Å². The van der Waals surface area contributed by atoms with Gasteiger partial charge in [-0.1, -0.05) is 0 Å². The van der Waals surface area contributed by atoms with Crippen molar-refractivity contribution in [3.8, 4) is 0 Å². The Kier molecular flexibility index (Phi) is 4.39. The van der Waals surface area contributed by atoms with Gasteiger partial charge in [0.15, 0.2) is 5.82 Å².